The molecule has 1 N–H and O–H groups in total. The number of aromatic nitrogens is 2. The molecule has 6 nitrogen and oxygen atoms in total. The highest BCUT2D eigenvalue weighted by atomic mass is 32.2. The Bertz CT molecular complexity index is 981. The number of rotatable bonds is 5. The van der Waals surface area contributed by atoms with Gasteiger partial charge in [0.15, 0.2) is 11.4 Å². The van der Waals surface area contributed by atoms with E-state index < -0.39 is 10.0 Å². The van der Waals surface area contributed by atoms with Gasteiger partial charge in [-0.1, -0.05) is 6.42 Å². The Labute approximate surface area is 166 Å². The maximum atomic E-state index is 13.1. The summed E-state index contributed by atoms with van der Waals surface area (Å²) in [6.45, 7) is 7.26. The summed E-state index contributed by atoms with van der Waals surface area (Å²) in [7, 11) is -3.44. The first-order valence-corrected chi connectivity index (χ1v) is 11.9. The minimum atomic E-state index is -3.44. The summed E-state index contributed by atoms with van der Waals surface area (Å²) in [5.41, 5.74) is 1.97. The number of hydrogen-bond acceptors (Lipinski definition) is 3. The fourth-order valence-corrected chi connectivity index (χ4v) is 6.36. The lowest BCUT2D eigenvalue weighted by Gasteiger charge is -2.25. The van der Waals surface area contributed by atoms with E-state index in [-0.39, 0.29) is 0 Å². The predicted octanol–water partition coefficient (Wildman–Crippen LogP) is 2.00. The van der Waals surface area contributed by atoms with Crippen molar-refractivity contribution in [2.75, 3.05) is 26.2 Å². The quantitative estimate of drug-likeness (QED) is 0.769. The Morgan fingerprint density at radius 1 is 1.00 bits per heavy atom. The number of likely N-dealkylation sites (tertiary alicyclic amines) is 1. The molecule has 0 saturated carbocycles. The monoisotopic (exact) mass is 409 g/mol. The van der Waals surface area contributed by atoms with Crippen LogP contribution in [0.3, 0.4) is 0 Å². The van der Waals surface area contributed by atoms with Crippen LogP contribution in [-0.4, -0.2) is 48.0 Å². The van der Waals surface area contributed by atoms with Crippen LogP contribution >= 0.6 is 12.2 Å². The van der Waals surface area contributed by atoms with Gasteiger partial charge in [-0.25, -0.2) is 8.42 Å². The third kappa shape index (κ3) is 3.48. The van der Waals surface area contributed by atoms with Crippen LogP contribution in [0.4, 0.5) is 0 Å². The average molecular weight is 410 g/mol. The van der Waals surface area contributed by atoms with Crippen LogP contribution in [0, 0.1) is 4.77 Å². The Hall–Kier alpha value is -1.22. The molecule has 2 fully saturated rings. The van der Waals surface area contributed by atoms with Gasteiger partial charge in [0.05, 0.1) is 29.0 Å². The van der Waals surface area contributed by atoms with Crippen molar-refractivity contribution in [3.8, 4) is 0 Å². The van der Waals surface area contributed by atoms with Gasteiger partial charge in [0.1, 0.15) is 0 Å². The maximum absolute atomic E-state index is 13.1. The molecule has 1 aromatic carbocycles. The molecule has 0 amide bonds. The van der Waals surface area contributed by atoms with Gasteiger partial charge < -0.3 is 9.47 Å². The van der Waals surface area contributed by atoms with Gasteiger partial charge in [-0.15, -0.1) is 0 Å². The highest BCUT2D eigenvalue weighted by Gasteiger charge is 2.27. The first-order valence-electron chi connectivity index (χ1n) is 10.1. The van der Waals surface area contributed by atoms with Crippen LogP contribution in [0.2, 0.25) is 0 Å². The molecule has 2 aliphatic rings. The molecule has 2 aliphatic heterocycles. The lowest BCUT2D eigenvalue weighted by molar-refractivity contribution is -0.910. The molecule has 0 atom stereocenters. The number of hydrogen-bond donors (Lipinski definition) is 1. The van der Waals surface area contributed by atoms with E-state index in [2.05, 4.69) is 16.1 Å². The van der Waals surface area contributed by atoms with Gasteiger partial charge in [0.2, 0.25) is 10.0 Å². The smallest absolute Gasteiger partial charge is 0.243 e. The minimum Gasteiger partial charge on any atom is -0.317 e. The number of aryl methyl sites for hydroxylation is 1. The number of benzene rings is 1. The average Bonchev–Trinajstić information content (AvgIpc) is 3.29. The summed E-state index contributed by atoms with van der Waals surface area (Å²) in [6.07, 6.45) is 5.51. The first kappa shape index (κ1) is 19.1. The highest BCUT2D eigenvalue weighted by molar-refractivity contribution is 7.89. The Balaban J connectivity index is 1.79. The van der Waals surface area contributed by atoms with E-state index >= 15 is 0 Å². The van der Waals surface area contributed by atoms with Crippen LogP contribution < -0.4 is 4.90 Å². The molecular weight excluding hydrogens is 380 g/mol. The minimum absolute atomic E-state index is 0.394. The number of quaternary nitrogens is 1. The predicted molar refractivity (Wildman–Crippen MR) is 109 cm³/mol. The van der Waals surface area contributed by atoms with Crippen LogP contribution in [0.1, 0.15) is 39.0 Å². The number of nitrogens with zero attached hydrogens (tertiary/aromatic N) is 3. The molecule has 4 rings (SSSR count). The molecule has 27 heavy (non-hydrogen) atoms. The Morgan fingerprint density at radius 3 is 2.37 bits per heavy atom. The fraction of sp³-hybridized carbons (Fsp3) is 0.632. The number of piperidine rings is 1. The van der Waals surface area contributed by atoms with Gasteiger partial charge in [-0.2, -0.15) is 4.31 Å². The van der Waals surface area contributed by atoms with E-state index in [1.54, 1.807) is 10.4 Å². The third-order valence-electron chi connectivity index (χ3n) is 5.95. The molecule has 0 unspecified atom stereocenters. The molecule has 1 aromatic heterocycles. The Morgan fingerprint density at radius 2 is 1.70 bits per heavy atom. The maximum Gasteiger partial charge on any atom is 0.243 e. The Kier molecular flexibility index (Phi) is 5.42. The molecule has 2 aromatic rings. The third-order valence-corrected chi connectivity index (χ3v) is 8.29. The van der Waals surface area contributed by atoms with Crippen LogP contribution in [0.5, 0.6) is 0 Å². The van der Waals surface area contributed by atoms with Crippen molar-refractivity contribution < 1.29 is 13.3 Å². The van der Waals surface area contributed by atoms with Gasteiger partial charge in [0.25, 0.3) is 0 Å². The molecule has 0 radical (unpaired) electrons. The molecule has 148 valence electrons. The van der Waals surface area contributed by atoms with Crippen LogP contribution in [0.25, 0.3) is 11.0 Å². The standard InChI is InChI=1S/C19H28N4O2S2/c1-2-22-17-9-8-16(27(24,25)21-12-4-3-5-13-21)14-18(17)23(19(22)26)15-20-10-6-7-11-20/h8-9,14H,2-7,10-13,15H2,1H3/p+1. The molecule has 3 heterocycles. The van der Waals surface area contributed by atoms with Crippen molar-refractivity contribution in [3.05, 3.63) is 23.0 Å². The topological polar surface area (TPSA) is 51.7 Å². The largest absolute Gasteiger partial charge is 0.317 e. The van der Waals surface area contributed by atoms with Crippen LogP contribution in [-0.2, 0) is 23.2 Å². The van der Waals surface area contributed by atoms with Crippen molar-refractivity contribution >= 4 is 33.3 Å². The fourth-order valence-electron chi connectivity index (χ4n) is 4.43. The zero-order valence-corrected chi connectivity index (χ0v) is 17.6. The summed E-state index contributed by atoms with van der Waals surface area (Å²) >= 11 is 5.74. The van der Waals surface area contributed by atoms with Gasteiger partial charge in [0, 0.05) is 32.5 Å². The second kappa shape index (κ2) is 7.66. The summed E-state index contributed by atoms with van der Waals surface area (Å²) in [4.78, 5) is 1.91. The molecular formula is C19H29N4O2S2+. The number of sulfonamides is 1. The van der Waals surface area contributed by atoms with E-state index in [1.165, 1.54) is 17.7 Å². The van der Waals surface area contributed by atoms with Gasteiger partial charge in [-0.05, 0) is 50.2 Å². The van der Waals surface area contributed by atoms with Crippen molar-refractivity contribution in [3.63, 3.8) is 0 Å². The lowest BCUT2D eigenvalue weighted by atomic mass is 10.2. The van der Waals surface area contributed by atoms with E-state index in [0.29, 0.717) is 18.0 Å². The first-order chi connectivity index (χ1) is 13.0. The normalized spacial score (nSPS) is 19.9. The number of imidazole rings is 1. The van der Waals surface area contributed by atoms with Crippen molar-refractivity contribution in [1.29, 1.82) is 0 Å². The molecule has 0 aliphatic carbocycles. The summed E-state index contributed by atoms with van der Waals surface area (Å²) in [6, 6.07) is 5.53. The van der Waals surface area contributed by atoms with E-state index in [9.17, 15) is 8.42 Å². The molecule has 0 spiro atoms. The highest BCUT2D eigenvalue weighted by Crippen LogP contribution is 2.25. The molecule has 2 saturated heterocycles. The molecule has 0 bridgehead atoms. The van der Waals surface area contributed by atoms with Gasteiger partial charge >= 0.3 is 0 Å². The van der Waals surface area contributed by atoms with Gasteiger partial charge in [-0.3, -0.25) is 4.57 Å². The second-order valence-corrected chi connectivity index (χ2v) is 9.99. The summed E-state index contributed by atoms with van der Waals surface area (Å²) < 4.78 is 32.9. The van der Waals surface area contributed by atoms with E-state index in [0.717, 1.165) is 61.4 Å². The van der Waals surface area contributed by atoms with Crippen molar-refractivity contribution in [1.82, 2.24) is 13.4 Å². The summed E-state index contributed by atoms with van der Waals surface area (Å²) in [5.74, 6) is 0. The molecule has 8 heteroatoms. The lowest BCUT2D eigenvalue weighted by Crippen LogP contribution is -3.09. The van der Waals surface area contributed by atoms with E-state index in [1.807, 2.05) is 12.1 Å². The zero-order valence-electron chi connectivity index (χ0n) is 16.0. The zero-order chi connectivity index (χ0) is 19.0. The SMILES string of the molecule is CCn1c(=S)n(C[NH+]2CCCC2)c2cc(S(=O)(=O)N3CCCCC3)ccc21. The van der Waals surface area contributed by atoms with E-state index in [4.69, 9.17) is 12.2 Å². The second-order valence-electron chi connectivity index (χ2n) is 7.69. The summed E-state index contributed by atoms with van der Waals surface area (Å²) in [5, 5.41) is 0. The van der Waals surface area contributed by atoms with Crippen molar-refractivity contribution in [2.45, 2.75) is 57.1 Å². The van der Waals surface area contributed by atoms with Crippen molar-refractivity contribution in [2.24, 2.45) is 0 Å². The van der Waals surface area contributed by atoms with Crippen LogP contribution in [0.15, 0.2) is 23.1 Å². The number of fused-ring (bicyclic) bond motifs is 1. The number of nitrogens with one attached hydrogen (secondary N) is 1.